The van der Waals surface area contributed by atoms with Gasteiger partial charge in [-0.15, -0.1) is 0 Å². The van der Waals surface area contributed by atoms with Crippen LogP contribution in [0.4, 0.5) is 4.79 Å². The molecule has 2 atom stereocenters. The topological polar surface area (TPSA) is 41.6 Å². The average molecular weight is 287 g/mol. The van der Waals surface area contributed by atoms with E-state index in [-0.39, 0.29) is 12.1 Å². The molecule has 1 N–H and O–H groups in total. The minimum absolute atomic E-state index is 0.112. The number of hydrogen-bond acceptors (Lipinski definition) is 2. The molecule has 2 aliphatic heterocycles. The molecule has 0 radical (unpaired) electrons. The summed E-state index contributed by atoms with van der Waals surface area (Å²) in [4.78, 5) is 13.4. The second kappa shape index (κ2) is 3.68. The third kappa shape index (κ3) is 1.56. The van der Waals surface area contributed by atoms with Gasteiger partial charge in [-0.3, -0.25) is 4.90 Å². The Kier molecular flexibility index (Phi) is 2.44. The molecule has 1 saturated heterocycles. The number of urea groups is 1. The number of amides is 2. The first-order valence-corrected chi connectivity index (χ1v) is 6.38. The van der Waals surface area contributed by atoms with Crippen molar-refractivity contribution in [2.45, 2.75) is 25.1 Å². The van der Waals surface area contributed by atoms with Crippen LogP contribution in [0.2, 0.25) is 10.0 Å². The summed E-state index contributed by atoms with van der Waals surface area (Å²) in [5.74, 6) is 0.603. The summed E-state index contributed by atoms with van der Waals surface area (Å²) >= 11 is 12.2. The SMILES string of the molecule is CN1C(=O)NC2CC1(C)Oc1c(Cl)cc(Cl)cc12. The van der Waals surface area contributed by atoms with Crippen LogP contribution in [-0.4, -0.2) is 23.7 Å². The fraction of sp³-hybridized carbons (Fsp3) is 0.417. The Bertz CT molecular complexity index is 549. The van der Waals surface area contributed by atoms with Crippen molar-refractivity contribution in [3.8, 4) is 5.75 Å². The van der Waals surface area contributed by atoms with Crippen LogP contribution in [0.15, 0.2) is 12.1 Å². The van der Waals surface area contributed by atoms with E-state index in [1.54, 1.807) is 24.1 Å². The molecule has 2 heterocycles. The lowest BCUT2D eigenvalue weighted by atomic mass is 9.91. The lowest BCUT2D eigenvalue weighted by Crippen LogP contribution is -2.63. The van der Waals surface area contributed by atoms with E-state index in [0.29, 0.717) is 22.2 Å². The van der Waals surface area contributed by atoms with Gasteiger partial charge in [-0.05, 0) is 19.1 Å². The molecular formula is C12H12Cl2N2O2. The second-order valence-electron chi connectivity index (χ2n) is 4.85. The molecule has 2 unspecified atom stereocenters. The number of rotatable bonds is 0. The number of hydrogen-bond donors (Lipinski definition) is 1. The number of ether oxygens (including phenoxy) is 1. The van der Waals surface area contributed by atoms with Gasteiger partial charge in [0.2, 0.25) is 0 Å². The van der Waals surface area contributed by atoms with Gasteiger partial charge in [-0.2, -0.15) is 0 Å². The largest absolute Gasteiger partial charge is 0.466 e. The summed E-state index contributed by atoms with van der Waals surface area (Å²) in [5, 5.41) is 3.93. The molecule has 4 nitrogen and oxygen atoms in total. The number of carbonyl (C=O) groups is 1. The van der Waals surface area contributed by atoms with Gasteiger partial charge in [0.25, 0.3) is 0 Å². The van der Waals surface area contributed by atoms with Crippen molar-refractivity contribution in [2.75, 3.05) is 7.05 Å². The van der Waals surface area contributed by atoms with E-state index in [9.17, 15) is 4.79 Å². The molecule has 18 heavy (non-hydrogen) atoms. The number of nitrogens with one attached hydrogen (secondary N) is 1. The standard InChI is InChI=1S/C12H12Cl2N2O2/c1-12-5-9(15-11(17)16(12)2)7-3-6(13)4-8(14)10(7)18-12/h3-4,9H,5H2,1-2H3,(H,15,17). The minimum atomic E-state index is -0.669. The zero-order valence-corrected chi connectivity index (χ0v) is 11.5. The Morgan fingerprint density at radius 1 is 1.50 bits per heavy atom. The van der Waals surface area contributed by atoms with Gasteiger partial charge in [-0.25, -0.2) is 4.79 Å². The lowest BCUT2D eigenvalue weighted by molar-refractivity contribution is -0.0718. The molecule has 0 aliphatic carbocycles. The summed E-state index contributed by atoms with van der Waals surface area (Å²) in [6.45, 7) is 1.88. The molecule has 2 aliphatic rings. The van der Waals surface area contributed by atoms with Gasteiger partial charge in [0, 0.05) is 24.1 Å². The predicted molar refractivity (Wildman–Crippen MR) is 69.1 cm³/mol. The summed E-state index contributed by atoms with van der Waals surface area (Å²) in [6.07, 6.45) is 0.666. The number of benzene rings is 1. The maximum Gasteiger partial charge on any atom is 0.320 e. The second-order valence-corrected chi connectivity index (χ2v) is 5.69. The maximum absolute atomic E-state index is 11.9. The lowest BCUT2D eigenvalue weighted by Gasteiger charge is -2.49. The zero-order valence-electron chi connectivity index (χ0n) is 9.96. The highest BCUT2D eigenvalue weighted by Gasteiger charge is 2.48. The van der Waals surface area contributed by atoms with Gasteiger partial charge in [0.1, 0.15) is 5.75 Å². The molecule has 0 aromatic heterocycles. The van der Waals surface area contributed by atoms with Crippen LogP contribution in [0.25, 0.3) is 0 Å². The molecule has 0 saturated carbocycles. The molecule has 1 aromatic carbocycles. The number of halogens is 2. The van der Waals surface area contributed by atoms with Crippen molar-refractivity contribution in [2.24, 2.45) is 0 Å². The molecule has 3 rings (SSSR count). The van der Waals surface area contributed by atoms with Gasteiger partial charge < -0.3 is 10.1 Å². The summed E-state index contributed by atoms with van der Waals surface area (Å²) in [5.41, 5.74) is 0.170. The van der Waals surface area contributed by atoms with Crippen LogP contribution in [0.3, 0.4) is 0 Å². The Morgan fingerprint density at radius 3 is 2.94 bits per heavy atom. The van der Waals surface area contributed by atoms with Crippen molar-refractivity contribution < 1.29 is 9.53 Å². The minimum Gasteiger partial charge on any atom is -0.466 e. The van der Waals surface area contributed by atoms with Gasteiger partial charge in [-0.1, -0.05) is 23.2 Å². The highest BCUT2D eigenvalue weighted by Crippen LogP contribution is 2.47. The Balaban J connectivity index is 2.17. The van der Waals surface area contributed by atoms with Crippen LogP contribution in [-0.2, 0) is 0 Å². The molecule has 2 amide bonds. The third-order valence-electron chi connectivity index (χ3n) is 3.63. The number of nitrogens with zero attached hydrogens (tertiary/aromatic N) is 1. The van der Waals surface area contributed by atoms with Crippen molar-refractivity contribution >= 4 is 29.2 Å². The molecule has 1 fully saturated rings. The fourth-order valence-corrected chi connectivity index (χ4v) is 3.04. The highest BCUT2D eigenvalue weighted by molar-refractivity contribution is 6.35. The van der Waals surface area contributed by atoms with E-state index in [0.717, 1.165) is 5.56 Å². The summed E-state index contributed by atoms with van der Waals surface area (Å²) in [7, 11) is 1.71. The highest BCUT2D eigenvalue weighted by atomic mass is 35.5. The van der Waals surface area contributed by atoms with Gasteiger partial charge >= 0.3 is 6.03 Å². The Morgan fingerprint density at radius 2 is 2.22 bits per heavy atom. The molecule has 1 aromatic rings. The summed E-state index contributed by atoms with van der Waals surface area (Å²) in [6, 6.07) is 3.17. The van der Waals surface area contributed by atoms with E-state index in [2.05, 4.69) is 5.32 Å². The van der Waals surface area contributed by atoms with Gasteiger partial charge in [0.05, 0.1) is 11.1 Å². The van der Waals surface area contributed by atoms with E-state index >= 15 is 0 Å². The first-order valence-electron chi connectivity index (χ1n) is 5.63. The quantitative estimate of drug-likeness (QED) is 0.796. The summed E-state index contributed by atoms with van der Waals surface area (Å²) < 4.78 is 5.93. The van der Waals surface area contributed by atoms with Crippen LogP contribution in [0.1, 0.15) is 24.9 Å². The maximum atomic E-state index is 11.9. The van der Waals surface area contributed by atoms with Crippen molar-refractivity contribution in [3.63, 3.8) is 0 Å². The first kappa shape index (κ1) is 11.9. The van der Waals surface area contributed by atoms with Crippen molar-refractivity contribution in [1.29, 1.82) is 0 Å². The monoisotopic (exact) mass is 286 g/mol. The van der Waals surface area contributed by atoms with Crippen molar-refractivity contribution in [1.82, 2.24) is 10.2 Å². The smallest absolute Gasteiger partial charge is 0.320 e. The normalized spacial score (nSPS) is 29.4. The number of carbonyl (C=O) groups excluding carboxylic acids is 1. The molecular weight excluding hydrogens is 275 g/mol. The fourth-order valence-electron chi connectivity index (χ4n) is 2.49. The molecule has 6 heteroatoms. The van der Waals surface area contributed by atoms with E-state index in [4.69, 9.17) is 27.9 Å². The zero-order chi connectivity index (χ0) is 13.1. The van der Waals surface area contributed by atoms with Crippen LogP contribution < -0.4 is 10.1 Å². The predicted octanol–water partition coefficient (Wildman–Crippen LogP) is 3.19. The molecule has 2 bridgehead atoms. The van der Waals surface area contributed by atoms with E-state index in [1.165, 1.54) is 0 Å². The van der Waals surface area contributed by atoms with E-state index < -0.39 is 5.72 Å². The van der Waals surface area contributed by atoms with E-state index in [1.807, 2.05) is 6.92 Å². The van der Waals surface area contributed by atoms with Crippen LogP contribution >= 0.6 is 23.2 Å². The third-order valence-corrected chi connectivity index (χ3v) is 4.13. The first-order chi connectivity index (χ1) is 8.40. The van der Waals surface area contributed by atoms with Crippen LogP contribution in [0.5, 0.6) is 5.75 Å². The van der Waals surface area contributed by atoms with Crippen LogP contribution in [0, 0.1) is 0 Å². The number of fused-ring (bicyclic) bond motifs is 4. The Hall–Kier alpha value is -1.13. The molecule has 0 spiro atoms. The molecule has 96 valence electrons. The van der Waals surface area contributed by atoms with Crippen molar-refractivity contribution in [3.05, 3.63) is 27.7 Å². The van der Waals surface area contributed by atoms with Gasteiger partial charge in [0.15, 0.2) is 5.72 Å². The average Bonchev–Trinajstić information content (AvgIpc) is 2.28. The Labute approximate surface area is 115 Å².